The van der Waals surface area contributed by atoms with Crippen molar-refractivity contribution in [2.45, 2.75) is 30.4 Å². The van der Waals surface area contributed by atoms with Crippen molar-refractivity contribution in [1.29, 1.82) is 0 Å². The number of aromatic amines is 1. The van der Waals surface area contributed by atoms with Gasteiger partial charge in [0.2, 0.25) is 0 Å². The molecular formula is C14H19ClN4OS. The molecule has 5 nitrogen and oxygen atoms in total. The fourth-order valence-electron chi connectivity index (χ4n) is 1.76. The number of hydrogen-bond acceptors (Lipinski definition) is 4. The second kappa shape index (κ2) is 7.15. The average molecular weight is 327 g/mol. The van der Waals surface area contributed by atoms with Gasteiger partial charge in [0.1, 0.15) is 0 Å². The Labute approximate surface area is 133 Å². The van der Waals surface area contributed by atoms with Crippen LogP contribution in [0, 0.1) is 5.92 Å². The van der Waals surface area contributed by atoms with Crippen molar-refractivity contribution in [3.05, 3.63) is 39.3 Å². The molecule has 0 unspecified atom stereocenters. The lowest BCUT2D eigenvalue weighted by molar-refractivity contribution is 0.552. The van der Waals surface area contributed by atoms with E-state index in [9.17, 15) is 4.79 Å². The molecule has 0 radical (unpaired) electrons. The summed E-state index contributed by atoms with van der Waals surface area (Å²) in [6.45, 7) is 6.05. The highest BCUT2D eigenvalue weighted by Gasteiger charge is 2.08. The molecule has 0 bridgehead atoms. The lowest BCUT2D eigenvalue weighted by atomic mass is 10.2. The van der Waals surface area contributed by atoms with E-state index in [4.69, 9.17) is 11.6 Å². The Morgan fingerprint density at radius 1 is 1.48 bits per heavy atom. The second-order valence-electron chi connectivity index (χ2n) is 5.25. The van der Waals surface area contributed by atoms with Crippen LogP contribution in [-0.4, -0.2) is 21.3 Å². The summed E-state index contributed by atoms with van der Waals surface area (Å²) in [4.78, 5) is 12.3. The van der Waals surface area contributed by atoms with Crippen molar-refractivity contribution in [1.82, 2.24) is 20.1 Å². The molecule has 0 aliphatic rings. The summed E-state index contributed by atoms with van der Waals surface area (Å²) in [6.07, 6.45) is 0. The average Bonchev–Trinajstić information content (AvgIpc) is 2.73. The van der Waals surface area contributed by atoms with E-state index < -0.39 is 0 Å². The minimum atomic E-state index is -0.224. The predicted molar refractivity (Wildman–Crippen MR) is 85.9 cm³/mol. The van der Waals surface area contributed by atoms with Crippen molar-refractivity contribution < 1.29 is 0 Å². The summed E-state index contributed by atoms with van der Waals surface area (Å²) < 4.78 is 1.47. The first kappa shape index (κ1) is 16.1. The molecule has 0 spiro atoms. The number of benzene rings is 1. The van der Waals surface area contributed by atoms with Gasteiger partial charge in [-0.3, -0.25) is 4.57 Å². The maximum atomic E-state index is 11.3. The summed E-state index contributed by atoms with van der Waals surface area (Å²) in [5, 5.41) is 11.1. The van der Waals surface area contributed by atoms with E-state index in [1.165, 1.54) is 16.3 Å². The highest BCUT2D eigenvalue weighted by Crippen LogP contribution is 2.28. The molecular weight excluding hydrogens is 308 g/mol. The Bertz CT molecular complexity index is 665. The van der Waals surface area contributed by atoms with Gasteiger partial charge in [-0.15, -0.1) is 5.10 Å². The Balaban J connectivity index is 2.05. The fourth-order valence-corrected chi connectivity index (χ4v) is 2.91. The van der Waals surface area contributed by atoms with Crippen molar-refractivity contribution in [2.75, 3.05) is 6.54 Å². The molecule has 2 aromatic rings. The summed E-state index contributed by atoms with van der Waals surface area (Å²) in [6, 6.07) is 5.89. The van der Waals surface area contributed by atoms with Gasteiger partial charge in [0.15, 0.2) is 5.16 Å². The molecule has 114 valence electrons. The largest absolute Gasteiger partial charge is 0.343 e. The predicted octanol–water partition coefficient (Wildman–Crippen LogP) is 2.66. The van der Waals surface area contributed by atoms with Crippen molar-refractivity contribution in [3.8, 4) is 0 Å². The SMILES string of the molecule is CC(C)CNCc1ccc(Sc2n[nH]c(=O)n2C)cc1Cl. The highest BCUT2D eigenvalue weighted by molar-refractivity contribution is 7.99. The second-order valence-corrected chi connectivity index (χ2v) is 6.70. The molecule has 1 aromatic carbocycles. The number of H-pyrrole nitrogens is 1. The minimum absolute atomic E-state index is 0.224. The lowest BCUT2D eigenvalue weighted by Gasteiger charge is -2.10. The summed E-state index contributed by atoms with van der Waals surface area (Å²) in [5.74, 6) is 0.611. The zero-order chi connectivity index (χ0) is 15.4. The molecule has 1 aromatic heterocycles. The van der Waals surface area contributed by atoms with Crippen LogP contribution in [0.25, 0.3) is 0 Å². The molecule has 2 rings (SSSR count). The third-order valence-corrected chi connectivity index (χ3v) is 4.33. The van der Waals surface area contributed by atoms with E-state index >= 15 is 0 Å². The van der Waals surface area contributed by atoms with Crippen LogP contribution >= 0.6 is 23.4 Å². The molecule has 0 saturated carbocycles. The van der Waals surface area contributed by atoms with Crippen LogP contribution in [-0.2, 0) is 13.6 Å². The molecule has 0 aliphatic carbocycles. The van der Waals surface area contributed by atoms with Gasteiger partial charge in [0.25, 0.3) is 0 Å². The van der Waals surface area contributed by atoms with Crippen LogP contribution in [0.4, 0.5) is 0 Å². The standard InChI is InChI=1S/C14H19ClN4OS/c1-9(2)7-16-8-10-4-5-11(6-12(10)15)21-14-18-17-13(20)19(14)3/h4-6,9,16H,7-8H2,1-3H3,(H,17,20). The number of nitrogens with zero attached hydrogens (tertiary/aromatic N) is 2. The van der Waals surface area contributed by atoms with Gasteiger partial charge < -0.3 is 5.32 Å². The van der Waals surface area contributed by atoms with Crippen molar-refractivity contribution in [2.24, 2.45) is 13.0 Å². The number of rotatable bonds is 6. The van der Waals surface area contributed by atoms with E-state index in [2.05, 4.69) is 29.4 Å². The van der Waals surface area contributed by atoms with E-state index in [0.717, 1.165) is 28.6 Å². The summed E-state index contributed by atoms with van der Waals surface area (Å²) >= 11 is 7.71. The molecule has 0 saturated heterocycles. The van der Waals surface area contributed by atoms with E-state index in [-0.39, 0.29) is 5.69 Å². The molecule has 0 fully saturated rings. The van der Waals surface area contributed by atoms with E-state index in [0.29, 0.717) is 11.1 Å². The van der Waals surface area contributed by atoms with Gasteiger partial charge in [-0.05, 0) is 41.9 Å². The maximum absolute atomic E-state index is 11.3. The van der Waals surface area contributed by atoms with Crippen LogP contribution < -0.4 is 11.0 Å². The topological polar surface area (TPSA) is 62.7 Å². The van der Waals surface area contributed by atoms with Gasteiger partial charge in [-0.2, -0.15) is 0 Å². The third-order valence-electron chi connectivity index (χ3n) is 2.94. The van der Waals surface area contributed by atoms with Crippen molar-refractivity contribution >= 4 is 23.4 Å². The minimum Gasteiger partial charge on any atom is -0.312 e. The van der Waals surface area contributed by atoms with Gasteiger partial charge in [0.05, 0.1) is 0 Å². The molecule has 21 heavy (non-hydrogen) atoms. The summed E-state index contributed by atoms with van der Waals surface area (Å²) in [7, 11) is 1.68. The van der Waals surface area contributed by atoms with Crippen LogP contribution in [0.3, 0.4) is 0 Å². The Kier molecular flexibility index (Phi) is 5.50. The fraction of sp³-hybridized carbons (Fsp3) is 0.429. The molecule has 2 N–H and O–H groups in total. The van der Waals surface area contributed by atoms with Crippen LogP contribution in [0.5, 0.6) is 0 Å². The molecule has 0 amide bonds. The maximum Gasteiger partial charge on any atom is 0.343 e. The zero-order valence-corrected chi connectivity index (χ0v) is 13.9. The quantitative estimate of drug-likeness (QED) is 0.856. The van der Waals surface area contributed by atoms with Crippen LogP contribution in [0.1, 0.15) is 19.4 Å². The molecule has 1 heterocycles. The molecule has 0 aliphatic heterocycles. The van der Waals surface area contributed by atoms with Gasteiger partial charge in [-0.25, -0.2) is 9.89 Å². The normalized spacial score (nSPS) is 11.3. The number of nitrogens with one attached hydrogen (secondary N) is 2. The lowest BCUT2D eigenvalue weighted by Crippen LogP contribution is -2.19. The van der Waals surface area contributed by atoms with Crippen LogP contribution in [0.15, 0.2) is 33.0 Å². The van der Waals surface area contributed by atoms with E-state index in [1.807, 2.05) is 18.2 Å². The Hall–Kier alpha value is -1.24. The number of hydrogen-bond donors (Lipinski definition) is 2. The zero-order valence-electron chi connectivity index (χ0n) is 12.3. The Morgan fingerprint density at radius 3 is 2.81 bits per heavy atom. The molecule has 0 atom stereocenters. The summed E-state index contributed by atoms with van der Waals surface area (Å²) in [5.41, 5.74) is 0.843. The first-order valence-electron chi connectivity index (χ1n) is 6.75. The first-order valence-corrected chi connectivity index (χ1v) is 7.95. The molecule has 7 heteroatoms. The van der Waals surface area contributed by atoms with Gasteiger partial charge in [-0.1, -0.05) is 31.5 Å². The number of halogens is 1. The Morgan fingerprint density at radius 2 is 2.24 bits per heavy atom. The van der Waals surface area contributed by atoms with Crippen LogP contribution in [0.2, 0.25) is 5.02 Å². The van der Waals surface area contributed by atoms with Gasteiger partial charge >= 0.3 is 5.69 Å². The van der Waals surface area contributed by atoms with Crippen molar-refractivity contribution in [3.63, 3.8) is 0 Å². The highest BCUT2D eigenvalue weighted by atomic mass is 35.5. The van der Waals surface area contributed by atoms with Gasteiger partial charge in [0, 0.05) is 23.5 Å². The first-order chi connectivity index (χ1) is 9.97. The number of aromatic nitrogens is 3. The van der Waals surface area contributed by atoms with E-state index in [1.54, 1.807) is 7.05 Å². The smallest absolute Gasteiger partial charge is 0.312 e. The third kappa shape index (κ3) is 4.36. The monoisotopic (exact) mass is 326 g/mol.